The number of sulfonamides is 1. The van der Waals surface area contributed by atoms with Crippen LogP contribution >= 0.6 is 0 Å². The molecule has 0 aliphatic heterocycles. The monoisotopic (exact) mass is 249 g/mol. The van der Waals surface area contributed by atoms with Gasteiger partial charge in [0.1, 0.15) is 0 Å². The lowest BCUT2D eigenvalue weighted by atomic mass is 10.5. The Morgan fingerprint density at radius 2 is 2.19 bits per heavy atom. The molecule has 0 bridgehead atoms. The van der Waals surface area contributed by atoms with Crippen LogP contribution in [0.3, 0.4) is 0 Å². The summed E-state index contributed by atoms with van der Waals surface area (Å²) in [6.07, 6.45) is 0. The van der Waals surface area contributed by atoms with Gasteiger partial charge in [0.2, 0.25) is 15.9 Å². The summed E-state index contributed by atoms with van der Waals surface area (Å²) in [5.74, 6) is -0.467. The fraction of sp³-hybridized carbons (Fsp3) is 0.750. The summed E-state index contributed by atoms with van der Waals surface area (Å²) in [4.78, 5) is 11.1. The maximum Gasteiger partial charge on any atom is 0.235 e. The summed E-state index contributed by atoms with van der Waals surface area (Å²) in [6.45, 7) is 1.53. The number of carbonyl (C=O) groups excluding carboxylic acids is 1. The van der Waals surface area contributed by atoms with Gasteiger partial charge in [-0.15, -0.1) is 0 Å². The molecule has 0 heterocycles. The van der Waals surface area contributed by atoms with E-state index in [2.05, 4.69) is 5.32 Å². The Bertz CT molecular complexity index is 360. The van der Waals surface area contributed by atoms with Gasteiger partial charge < -0.3 is 10.1 Å². The normalized spacial score (nSPS) is 12.8. The van der Waals surface area contributed by atoms with Gasteiger partial charge in [0, 0.05) is 13.7 Å². The molecule has 0 aliphatic carbocycles. The van der Waals surface area contributed by atoms with Crippen LogP contribution in [0, 0.1) is 11.3 Å². The SMILES string of the molecule is COCCNC(=O)CNS(=O)(=O)C(C)C#N. The Hall–Kier alpha value is -1.17. The topological polar surface area (TPSA) is 108 Å². The van der Waals surface area contributed by atoms with E-state index in [1.807, 2.05) is 4.72 Å². The largest absolute Gasteiger partial charge is 0.383 e. The molecule has 0 saturated carbocycles. The standard InChI is InChI=1S/C8H15N3O4S/c1-7(5-9)16(13,14)11-6-8(12)10-3-4-15-2/h7,11H,3-4,6H2,1-2H3,(H,10,12). The van der Waals surface area contributed by atoms with Crippen LogP contribution in [-0.4, -0.2) is 46.4 Å². The highest BCUT2D eigenvalue weighted by atomic mass is 32.2. The molecule has 2 N–H and O–H groups in total. The predicted molar refractivity (Wildman–Crippen MR) is 56.9 cm³/mol. The molecule has 92 valence electrons. The van der Waals surface area contributed by atoms with E-state index in [0.717, 1.165) is 0 Å². The molecule has 7 nitrogen and oxygen atoms in total. The molecule has 0 aliphatic rings. The smallest absolute Gasteiger partial charge is 0.235 e. The molecule has 0 fully saturated rings. The molecule has 1 atom stereocenters. The Morgan fingerprint density at radius 3 is 2.69 bits per heavy atom. The lowest BCUT2D eigenvalue weighted by Crippen LogP contribution is -2.40. The van der Waals surface area contributed by atoms with Crippen molar-refractivity contribution >= 4 is 15.9 Å². The molecule has 0 aromatic rings. The van der Waals surface area contributed by atoms with Crippen molar-refractivity contribution in [2.75, 3.05) is 26.8 Å². The summed E-state index contributed by atoms with van der Waals surface area (Å²) in [7, 11) is -2.25. The van der Waals surface area contributed by atoms with Crippen molar-refractivity contribution < 1.29 is 17.9 Å². The molecule has 0 spiro atoms. The second kappa shape index (κ2) is 7.16. The molecule has 16 heavy (non-hydrogen) atoms. The van der Waals surface area contributed by atoms with Crippen LogP contribution in [0.25, 0.3) is 0 Å². The number of nitrogens with zero attached hydrogens (tertiary/aromatic N) is 1. The first-order valence-electron chi connectivity index (χ1n) is 4.57. The third-order valence-electron chi connectivity index (χ3n) is 1.71. The quantitative estimate of drug-likeness (QED) is 0.538. The minimum atomic E-state index is -3.74. The third-order valence-corrected chi connectivity index (χ3v) is 3.29. The van der Waals surface area contributed by atoms with E-state index >= 15 is 0 Å². The molecular weight excluding hydrogens is 234 g/mol. The highest BCUT2D eigenvalue weighted by Gasteiger charge is 2.20. The minimum absolute atomic E-state index is 0.310. The summed E-state index contributed by atoms with van der Waals surface area (Å²) in [5, 5.41) is 9.68. The summed E-state index contributed by atoms with van der Waals surface area (Å²) < 4.78 is 29.2. The number of nitriles is 1. The van der Waals surface area contributed by atoms with E-state index in [4.69, 9.17) is 10.00 Å². The van der Waals surface area contributed by atoms with Crippen molar-refractivity contribution in [1.29, 1.82) is 5.26 Å². The summed E-state index contributed by atoms with van der Waals surface area (Å²) in [6, 6.07) is 1.58. The Morgan fingerprint density at radius 1 is 1.56 bits per heavy atom. The molecule has 8 heteroatoms. The van der Waals surface area contributed by atoms with Crippen molar-refractivity contribution in [1.82, 2.24) is 10.0 Å². The Labute approximate surface area is 94.8 Å². The van der Waals surface area contributed by atoms with E-state index in [0.29, 0.717) is 13.2 Å². The number of carbonyl (C=O) groups is 1. The van der Waals surface area contributed by atoms with Gasteiger partial charge in [-0.3, -0.25) is 4.79 Å². The van der Waals surface area contributed by atoms with E-state index in [1.54, 1.807) is 6.07 Å². The van der Waals surface area contributed by atoms with Crippen molar-refractivity contribution in [3.05, 3.63) is 0 Å². The molecule has 0 aromatic carbocycles. The molecule has 0 radical (unpaired) electrons. The number of hydrogen-bond acceptors (Lipinski definition) is 5. The van der Waals surface area contributed by atoms with Crippen molar-refractivity contribution in [3.8, 4) is 6.07 Å². The molecular formula is C8H15N3O4S. The number of hydrogen-bond donors (Lipinski definition) is 2. The minimum Gasteiger partial charge on any atom is -0.383 e. The van der Waals surface area contributed by atoms with Crippen LogP contribution in [0.5, 0.6) is 0 Å². The van der Waals surface area contributed by atoms with Crippen LogP contribution in [0.15, 0.2) is 0 Å². The zero-order valence-corrected chi connectivity index (χ0v) is 10.0. The van der Waals surface area contributed by atoms with E-state index < -0.39 is 21.2 Å². The fourth-order valence-corrected chi connectivity index (χ4v) is 1.44. The number of nitrogens with one attached hydrogen (secondary N) is 2. The number of rotatable bonds is 7. The zero-order chi connectivity index (χ0) is 12.6. The fourth-order valence-electron chi connectivity index (χ4n) is 0.716. The third kappa shape index (κ3) is 5.65. The number of methoxy groups -OCH3 is 1. The molecule has 1 unspecified atom stereocenters. The van der Waals surface area contributed by atoms with Gasteiger partial charge in [0.25, 0.3) is 0 Å². The van der Waals surface area contributed by atoms with Crippen molar-refractivity contribution in [3.63, 3.8) is 0 Å². The number of amides is 1. The lowest BCUT2D eigenvalue weighted by molar-refractivity contribution is -0.120. The van der Waals surface area contributed by atoms with Gasteiger partial charge in [-0.1, -0.05) is 0 Å². The van der Waals surface area contributed by atoms with Crippen molar-refractivity contribution in [2.45, 2.75) is 12.2 Å². The van der Waals surface area contributed by atoms with Crippen LogP contribution in [0.4, 0.5) is 0 Å². The molecule has 0 rings (SSSR count). The molecule has 0 saturated heterocycles. The Balaban J connectivity index is 3.97. The first kappa shape index (κ1) is 14.8. The number of ether oxygens (including phenoxy) is 1. The predicted octanol–water partition coefficient (Wildman–Crippen LogP) is -1.42. The van der Waals surface area contributed by atoms with Crippen LogP contribution in [0.2, 0.25) is 0 Å². The second-order valence-electron chi connectivity index (χ2n) is 2.98. The van der Waals surface area contributed by atoms with Gasteiger partial charge in [-0.25, -0.2) is 13.1 Å². The molecule has 0 aromatic heterocycles. The lowest BCUT2D eigenvalue weighted by Gasteiger charge is -2.08. The first-order chi connectivity index (χ1) is 7.44. The van der Waals surface area contributed by atoms with E-state index in [9.17, 15) is 13.2 Å². The molecule has 1 amide bonds. The van der Waals surface area contributed by atoms with Gasteiger partial charge in [-0.05, 0) is 6.92 Å². The average molecular weight is 249 g/mol. The van der Waals surface area contributed by atoms with Crippen LogP contribution in [-0.2, 0) is 19.6 Å². The second-order valence-corrected chi connectivity index (χ2v) is 5.07. The van der Waals surface area contributed by atoms with Crippen LogP contribution < -0.4 is 10.0 Å². The summed E-state index contributed by atoms with van der Waals surface area (Å²) in [5.41, 5.74) is 0. The summed E-state index contributed by atoms with van der Waals surface area (Å²) >= 11 is 0. The Kier molecular flexibility index (Phi) is 6.64. The maximum atomic E-state index is 11.3. The van der Waals surface area contributed by atoms with Crippen LogP contribution in [0.1, 0.15) is 6.92 Å². The van der Waals surface area contributed by atoms with Gasteiger partial charge >= 0.3 is 0 Å². The van der Waals surface area contributed by atoms with Crippen molar-refractivity contribution in [2.24, 2.45) is 0 Å². The average Bonchev–Trinajstić information content (AvgIpc) is 2.25. The van der Waals surface area contributed by atoms with Gasteiger partial charge in [-0.2, -0.15) is 5.26 Å². The highest BCUT2D eigenvalue weighted by Crippen LogP contribution is 1.94. The maximum absolute atomic E-state index is 11.3. The van der Waals surface area contributed by atoms with Gasteiger partial charge in [0.15, 0.2) is 5.25 Å². The van der Waals surface area contributed by atoms with E-state index in [-0.39, 0.29) is 6.54 Å². The highest BCUT2D eigenvalue weighted by molar-refractivity contribution is 7.90. The van der Waals surface area contributed by atoms with E-state index in [1.165, 1.54) is 14.0 Å². The first-order valence-corrected chi connectivity index (χ1v) is 6.12. The zero-order valence-electron chi connectivity index (χ0n) is 9.19. The van der Waals surface area contributed by atoms with Gasteiger partial charge in [0.05, 0.1) is 19.2 Å².